The maximum Gasteiger partial charge on any atom is 0.159 e. The maximum atomic E-state index is 13.8. The van der Waals surface area contributed by atoms with Gasteiger partial charge in [0.05, 0.1) is 0 Å². The van der Waals surface area contributed by atoms with Crippen molar-refractivity contribution in [3.05, 3.63) is 23.3 Å². The van der Waals surface area contributed by atoms with E-state index in [-0.39, 0.29) is 28.4 Å². The number of fused-ring (bicyclic) bond motifs is 4. The molecule has 4 rings (SSSR count). The first-order valence-corrected chi connectivity index (χ1v) is 13.4. The summed E-state index contributed by atoms with van der Waals surface area (Å²) in [7, 11) is 0. The molecule has 4 aliphatic rings. The molecule has 0 aliphatic heterocycles. The highest BCUT2D eigenvalue weighted by molar-refractivity contribution is 6.00. The van der Waals surface area contributed by atoms with Crippen molar-refractivity contribution in [2.24, 2.45) is 46.3 Å². The summed E-state index contributed by atoms with van der Waals surface area (Å²) in [5, 5.41) is 0. The fourth-order valence-corrected chi connectivity index (χ4v) is 8.68. The second-order valence-electron chi connectivity index (χ2n) is 12.6. The van der Waals surface area contributed by atoms with Crippen molar-refractivity contribution in [2.45, 2.75) is 99.3 Å². The molecule has 0 amide bonds. The van der Waals surface area contributed by atoms with Crippen LogP contribution in [0.2, 0.25) is 0 Å². The summed E-state index contributed by atoms with van der Waals surface area (Å²) in [6.45, 7) is 16.9. The summed E-state index contributed by atoms with van der Waals surface area (Å²) in [6.07, 6.45) is 8.54. The average Bonchev–Trinajstić information content (AvgIpc) is 3.10. The van der Waals surface area contributed by atoms with Crippen molar-refractivity contribution in [3.8, 4) is 0 Å². The van der Waals surface area contributed by atoms with Crippen molar-refractivity contribution in [1.29, 1.82) is 0 Å². The Balaban J connectivity index is 1.56. The van der Waals surface area contributed by atoms with Gasteiger partial charge in [0.15, 0.2) is 5.78 Å². The Labute approximate surface area is 200 Å². The van der Waals surface area contributed by atoms with Crippen LogP contribution in [-0.4, -0.2) is 17.3 Å². The van der Waals surface area contributed by atoms with E-state index in [0.717, 1.165) is 43.3 Å². The minimum absolute atomic E-state index is 0.0438. The van der Waals surface area contributed by atoms with Crippen molar-refractivity contribution in [2.75, 3.05) is 0 Å². The molecule has 3 heteroatoms. The Morgan fingerprint density at radius 3 is 2.48 bits per heavy atom. The van der Waals surface area contributed by atoms with Crippen molar-refractivity contribution < 1.29 is 14.4 Å². The molecule has 33 heavy (non-hydrogen) atoms. The first kappa shape index (κ1) is 24.6. The predicted molar refractivity (Wildman–Crippen MR) is 133 cm³/mol. The molecule has 0 aromatic heterocycles. The molecule has 0 radical (unpaired) electrons. The Kier molecular flexibility index (Phi) is 6.42. The lowest BCUT2D eigenvalue weighted by atomic mass is 9.48. The lowest BCUT2D eigenvalue weighted by Crippen LogP contribution is -2.50. The van der Waals surface area contributed by atoms with Crippen LogP contribution in [0.25, 0.3) is 0 Å². The zero-order valence-electron chi connectivity index (χ0n) is 21.8. The minimum Gasteiger partial charge on any atom is -0.299 e. The van der Waals surface area contributed by atoms with Crippen molar-refractivity contribution in [1.82, 2.24) is 0 Å². The third-order valence-corrected chi connectivity index (χ3v) is 10.9. The topological polar surface area (TPSA) is 51.2 Å². The van der Waals surface area contributed by atoms with E-state index in [0.29, 0.717) is 48.1 Å². The summed E-state index contributed by atoms with van der Waals surface area (Å²) in [6, 6.07) is 0. The number of ketones is 3. The minimum atomic E-state index is -0.108. The van der Waals surface area contributed by atoms with Crippen LogP contribution < -0.4 is 0 Å². The summed E-state index contributed by atoms with van der Waals surface area (Å²) in [5.74, 6) is 2.90. The quantitative estimate of drug-likeness (QED) is 0.412. The van der Waals surface area contributed by atoms with Crippen molar-refractivity contribution >= 4 is 17.3 Å². The van der Waals surface area contributed by atoms with E-state index in [4.69, 9.17) is 0 Å². The molecule has 2 fully saturated rings. The molecule has 8 unspecified atom stereocenters. The van der Waals surface area contributed by atoms with Gasteiger partial charge in [-0.15, -0.1) is 0 Å². The van der Waals surface area contributed by atoms with Gasteiger partial charge in [0.25, 0.3) is 0 Å². The van der Waals surface area contributed by atoms with E-state index in [1.54, 1.807) is 6.92 Å². The molecule has 182 valence electrons. The van der Waals surface area contributed by atoms with Crippen molar-refractivity contribution in [3.63, 3.8) is 0 Å². The first-order chi connectivity index (χ1) is 15.4. The van der Waals surface area contributed by atoms with Gasteiger partial charge in [-0.3, -0.25) is 14.4 Å². The summed E-state index contributed by atoms with van der Waals surface area (Å²) in [4.78, 5) is 38.0. The SMILES string of the molecule is C=C(CCC(C)C1CCC2C3=C(C(=O)CC21C)C1(C)CCC(=O)C(C)C1CC3)C(C)C(C)=O. The highest BCUT2D eigenvalue weighted by Crippen LogP contribution is 2.65. The standard InChI is InChI=1S/C30H44O3/c1-17(19(3)21(5)31)8-9-18(2)23-12-13-25-22-10-11-24-20(4)26(32)14-15-29(24,6)28(22)27(33)16-30(23,25)7/h18-20,23-25H,1,8-16H2,2-7H3. The zero-order valence-corrected chi connectivity index (χ0v) is 21.8. The van der Waals surface area contributed by atoms with Gasteiger partial charge in [0.2, 0.25) is 0 Å². The van der Waals surface area contributed by atoms with Gasteiger partial charge in [-0.1, -0.05) is 52.3 Å². The number of carbonyl (C=O) groups is 3. The number of allylic oxidation sites excluding steroid dienone is 3. The van der Waals surface area contributed by atoms with Gasteiger partial charge in [-0.25, -0.2) is 0 Å². The summed E-state index contributed by atoms with van der Waals surface area (Å²) < 4.78 is 0. The Morgan fingerprint density at radius 1 is 1.12 bits per heavy atom. The van der Waals surface area contributed by atoms with Crippen LogP contribution in [0.1, 0.15) is 99.3 Å². The molecule has 2 saturated carbocycles. The molecule has 3 nitrogen and oxygen atoms in total. The van der Waals surface area contributed by atoms with Gasteiger partial charge in [-0.05, 0) is 86.4 Å². The van der Waals surface area contributed by atoms with Gasteiger partial charge < -0.3 is 0 Å². The molecule has 0 bridgehead atoms. The lowest BCUT2D eigenvalue weighted by molar-refractivity contribution is -0.133. The Bertz CT molecular complexity index is 910. The van der Waals surface area contributed by atoms with Crippen LogP contribution in [-0.2, 0) is 14.4 Å². The van der Waals surface area contributed by atoms with Gasteiger partial charge in [-0.2, -0.15) is 0 Å². The number of Topliss-reactive ketones (excluding diaryl/α,β-unsaturated/α-hetero) is 3. The van der Waals surface area contributed by atoms with Gasteiger partial charge in [0, 0.05) is 30.3 Å². The highest BCUT2D eigenvalue weighted by atomic mass is 16.1. The summed E-state index contributed by atoms with van der Waals surface area (Å²) in [5.41, 5.74) is 3.60. The Hall–Kier alpha value is -1.51. The lowest BCUT2D eigenvalue weighted by Gasteiger charge is -2.54. The number of hydrogen-bond acceptors (Lipinski definition) is 3. The molecule has 0 spiro atoms. The number of rotatable bonds is 6. The fraction of sp³-hybridized carbons (Fsp3) is 0.767. The smallest absolute Gasteiger partial charge is 0.159 e. The summed E-state index contributed by atoms with van der Waals surface area (Å²) >= 11 is 0. The van der Waals surface area contributed by atoms with Crippen LogP contribution in [0.3, 0.4) is 0 Å². The van der Waals surface area contributed by atoms with E-state index < -0.39 is 0 Å². The van der Waals surface area contributed by atoms with Crippen LogP contribution in [0.5, 0.6) is 0 Å². The molecular formula is C30H44O3. The van der Waals surface area contributed by atoms with Crippen LogP contribution >= 0.6 is 0 Å². The van der Waals surface area contributed by atoms with Crippen LogP contribution in [0.15, 0.2) is 23.3 Å². The second-order valence-corrected chi connectivity index (χ2v) is 12.6. The van der Waals surface area contributed by atoms with Gasteiger partial charge in [0.1, 0.15) is 11.6 Å². The van der Waals surface area contributed by atoms with E-state index >= 15 is 0 Å². The predicted octanol–water partition coefficient (Wildman–Crippen LogP) is 6.90. The molecule has 0 heterocycles. The zero-order chi connectivity index (χ0) is 24.3. The Morgan fingerprint density at radius 2 is 1.82 bits per heavy atom. The van der Waals surface area contributed by atoms with E-state index in [1.807, 2.05) is 6.92 Å². The fourth-order valence-electron chi connectivity index (χ4n) is 8.68. The number of carbonyl (C=O) groups excluding carboxylic acids is 3. The molecule has 4 aliphatic carbocycles. The first-order valence-electron chi connectivity index (χ1n) is 13.4. The molecule has 0 aromatic rings. The highest BCUT2D eigenvalue weighted by Gasteiger charge is 2.59. The monoisotopic (exact) mass is 452 g/mol. The molecular weight excluding hydrogens is 408 g/mol. The maximum absolute atomic E-state index is 13.8. The molecule has 0 aromatic carbocycles. The average molecular weight is 453 g/mol. The number of hydrogen-bond donors (Lipinski definition) is 0. The third-order valence-electron chi connectivity index (χ3n) is 10.9. The van der Waals surface area contributed by atoms with Crippen LogP contribution in [0, 0.1) is 46.3 Å². The van der Waals surface area contributed by atoms with E-state index in [1.165, 1.54) is 18.4 Å². The van der Waals surface area contributed by atoms with E-state index in [2.05, 4.69) is 34.3 Å². The normalized spacial score (nSPS) is 40.1. The van der Waals surface area contributed by atoms with E-state index in [9.17, 15) is 14.4 Å². The third kappa shape index (κ3) is 3.82. The second kappa shape index (κ2) is 8.61. The molecule has 8 atom stereocenters. The largest absolute Gasteiger partial charge is 0.299 e. The van der Waals surface area contributed by atoms with Crippen LogP contribution in [0.4, 0.5) is 0 Å². The molecule has 0 N–H and O–H groups in total. The van der Waals surface area contributed by atoms with Gasteiger partial charge >= 0.3 is 0 Å². The molecule has 0 saturated heterocycles.